The van der Waals surface area contributed by atoms with Crippen molar-refractivity contribution in [3.63, 3.8) is 0 Å². The van der Waals surface area contributed by atoms with Crippen LogP contribution in [0.4, 0.5) is 0 Å². The molecule has 0 spiro atoms. The Bertz CT molecular complexity index is 683. The summed E-state index contributed by atoms with van der Waals surface area (Å²) in [4.78, 5) is 62.2. The van der Waals surface area contributed by atoms with Crippen molar-refractivity contribution in [3.8, 4) is 0 Å². The van der Waals surface area contributed by atoms with Crippen LogP contribution in [0.2, 0.25) is 0 Å². The summed E-state index contributed by atoms with van der Waals surface area (Å²) in [6.45, 7) is 0.109. The van der Waals surface area contributed by atoms with Gasteiger partial charge in [0.25, 0.3) is 0 Å². The lowest BCUT2D eigenvalue weighted by Crippen LogP contribution is -2.53. The van der Waals surface area contributed by atoms with Gasteiger partial charge < -0.3 is 36.6 Å². The first-order chi connectivity index (χ1) is 15.2. The summed E-state index contributed by atoms with van der Waals surface area (Å²) in [5.41, 5.74) is 5.50. The van der Waals surface area contributed by atoms with Gasteiger partial charge in [-0.25, -0.2) is 4.79 Å². The largest absolute Gasteiger partial charge is 0.481 e. The molecular weight excluding hydrogens is 424 g/mol. The highest BCUT2D eigenvalue weighted by Crippen LogP contribution is 2.20. The minimum atomic E-state index is -1.29. The number of likely N-dealkylation sites (N-methyl/N-ethyl adjacent to an activating group) is 1. The number of carboxylic acid groups (broad SMARTS) is 2. The van der Waals surface area contributed by atoms with E-state index in [9.17, 15) is 39.3 Å². The van der Waals surface area contributed by atoms with Crippen molar-refractivity contribution in [2.75, 3.05) is 26.7 Å². The monoisotopic (exact) mass is 458 g/mol. The van der Waals surface area contributed by atoms with E-state index in [-0.39, 0.29) is 13.0 Å². The van der Waals surface area contributed by atoms with Crippen molar-refractivity contribution >= 4 is 29.5 Å². The second-order valence-corrected chi connectivity index (χ2v) is 7.86. The number of amides is 2. The summed E-state index contributed by atoms with van der Waals surface area (Å²) in [6, 6.07) is -2.98. The van der Waals surface area contributed by atoms with Crippen LogP contribution in [0.25, 0.3) is 0 Å². The molecule has 1 rings (SSSR count). The van der Waals surface area contributed by atoms with Crippen LogP contribution >= 0.6 is 0 Å². The number of nitrogens with two attached hydrogens (primary N) is 1. The fourth-order valence-electron chi connectivity index (χ4n) is 3.73. The lowest BCUT2D eigenvalue weighted by Gasteiger charge is -2.28. The highest BCUT2D eigenvalue weighted by Gasteiger charge is 2.38. The third kappa shape index (κ3) is 8.17. The first-order valence-electron chi connectivity index (χ1n) is 10.7. The van der Waals surface area contributed by atoms with Crippen molar-refractivity contribution in [2.45, 2.75) is 63.1 Å². The molecule has 4 atom stereocenters. The van der Waals surface area contributed by atoms with Crippen LogP contribution in [0.1, 0.15) is 44.9 Å². The van der Waals surface area contributed by atoms with Crippen LogP contribution in [0, 0.1) is 5.92 Å². The van der Waals surface area contributed by atoms with Crippen LogP contribution in [0.15, 0.2) is 0 Å². The number of rotatable bonds is 15. The molecule has 0 saturated carbocycles. The summed E-state index contributed by atoms with van der Waals surface area (Å²) < 4.78 is 0. The quantitative estimate of drug-likeness (QED) is 0.154. The van der Waals surface area contributed by atoms with Gasteiger partial charge >= 0.3 is 11.9 Å². The number of likely N-dealkylation sites (tertiary alicyclic amines) is 1. The minimum absolute atomic E-state index is 0.203. The average Bonchev–Trinajstić information content (AvgIpc) is 3.23. The van der Waals surface area contributed by atoms with Crippen LogP contribution in [0.3, 0.4) is 0 Å². The molecule has 0 aromatic rings. The zero-order valence-corrected chi connectivity index (χ0v) is 18.3. The highest BCUT2D eigenvalue weighted by molar-refractivity contribution is 5.95. The van der Waals surface area contributed by atoms with E-state index >= 15 is 0 Å². The zero-order chi connectivity index (χ0) is 24.3. The van der Waals surface area contributed by atoms with Gasteiger partial charge in [0.05, 0.1) is 25.0 Å². The maximum Gasteiger partial charge on any atom is 0.326 e. The van der Waals surface area contributed by atoms with Crippen molar-refractivity contribution in [1.29, 1.82) is 0 Å². The van der Waals surface area contributed by atoms with E-state index in [1.54, 1.807) is 0 Å². The predicted octanol–water partition coefficient (Wildman–Crippen LogP) is -1.69. The van der Waals surface area contributed by atoms with Gasteiger partial charge in [-0.15, -0.1) is 0 Å². The Morgan fingerprint density at radius 2 is 1.78 bits per heavy atom. The summed E-state index contributed by atoms with van der Waals surface area (Å²) in [6.07, 6.45) is 1.04. The molecule has 1 saturated heterocycles. The molecule has 0 bridgehead atoms. The van der Waals surface area contributed by atoms with E-state index in [1.807, 2.05) is 0 Å². The molecular formula is C20H34N4O8. The van der Waals surface area contributed by atoms with E-state index in [1.165, 1.54) is 11.9 Å². The summed E-state index contributed by atoms with van der Waals surface area (Å²) in [5, 5.41) is 32.9. The van der Waals surface area contributed by atoms with Gasteiger partial charge in [-0.2, -0.15) is 0 Å². The second-order valence-electron chi connectivity index (χ2n) is 7.86. The number of Topliss-reactive ketones (excluding diaryl/α,β-unsaturated/α-hetero) is 1. The lowest BCUT2D eigenvalue weighted by atomic mass is 9.94. The van der Waals surface area contributed by atoms with E-state index < -0.39 is 73.0 Å². The molecule has 0 aromatic carbocycles. The molecule has 0 radical (unpaired) electrons. The fraction of sp³-hybridized carbons (Fsp3) is 0.750. The number of aliphatic carboxylic acids is 2. The van der Waals surface area contributed by atoms with Gasteiger partial charge in [0, 0.05) is 13.0 Å². The summed E-state index contributed by atoms with van der Waals surface area (Å²) in [5.74, 6) is -5.54. The van der Waals surface area contributed by atoms with Crippen molar-refractivity contribution < 1.29 is 39.3 Å². The molecule has 2 amide bonds. The van der Waals surface area contributed by atoms with Gasteiger partial charge in [0.1, 0.15) is 12.1 Å². The van der Waals surface area contributed by atoms with Crippen molar-refractivity contribution in [1.82, 2.24) is 15.5 Å². The summed E-state index contributed by atoms with van der Waals surface area (Å²) in [7, 11) is 1.45. The Labute approximate surface area is 186 Å². The van der Waals surface area contributed by atoms with E-state index in [0.717, 1.165) is 0 Å². The van der Waals surface area contributed by atoms with Crippen LogP contribution in [-0.2, 0) is 24.0 Å². The van der Waals surface area contributed by atoms with Crippen molar-refractivity contribution in [3.05, 3.63) is 0 Å². The summed E-state index contributed by atoms with van der Waals surface area (Å²) >= 11 is 0. The number of hydrogen-bond acceptors (Lipinski definition) is 8. The molecule has 182 valence electrons. The normalized spacial score (nSPS) is 18.6. The molecule has 1 fully saturated rings. The molecule has 0 aromatic heterocycles. The van der Waals surface area contributed by atoms with Crippen LogP contribution in [0.5, 0.6) is 0 Å². The Morgan fingerprint density at radius 3 is 2.31 bits per heavy atom. The maximum absolute atomic E-state index is 13.0. The average molecular weight is 459 g/mol. The Hall–Kier alpha value is -2.57. The second kappa shape index (κ2) is 13.8. The zero-order valence-electron chi connectivity index (χ0n) is 18.3. The van der Waals surface area contributed by atoms with E-state index in [0.29, 0.717) is 32.2 Å². The minimum Gasteiger partial charge on any atom is -0.481 e. The van der Waals surface area contributed by atoms with Gasteiger partial charge in [0.15, 0.2) is 5.78 Å². The fourth-order valence-corrected chi connectivity index (χ4v) is 3.73. The number of aliphatic hydroxyl groups excluding tert-OH is 1. The number of carbonyl (C=O) groups excluding carboxylic acids is 3. The smallest absolute Gasteiger partial charge is 0.326 e. The first kappa shape index (κ1) is 27.5. The molecule has 7 N–H and O–H groups in total. The highest BCUT2D eigenvalue weighted by atomic mass is 16.4. The Balaban J connectivity index is 3.01. The van der Waals surface area contributed by atoms with Crippen LogP contribution < -0.4 is 16.4 Å². The Kier molecular flexibility index (Phi) is 11.8. The standard InChI is InChI=1S/C20H34N4O8/c1-22-14(11-25)16(26)9-12(10-17(27)28)18(29)23-13(5-2-3-7-21)19(30)24-8-4-6-15(24)20(31)32/h12-15,22,25H,2-11,21H2,1H3,(H,23,29)(H,27,28)(H,31,32)/t12-,13-,14-,15?/m0/s1. The lowest BCUT2D eigenvalue weighted by molar-refractivity contribution is -0.150. The number of nitrogens with zero attached hydrogens (tertiary/aromatic N) is 1. The van der Waals surface area contributed by atoms with Gasteiger partial charge in [-0.05, 0) is 45.7 Å². The molecule has 32 heavy (non-hydrogen) atoms. The number of unbranched alkanes of at least 4 members (excludes halogenated alkanes) is 1. The van der Waals surface area contributed by atoms with E-state index in [4.69, 9.17) is 5.73 Å². The molecule has 12 heteroatoms. The number of aliphatic hydroxyl groups is 1. The number of hydrogen-bond donors (Lipinski definition) is 6. The van der Waals surface area contributed by atoms with Gasteiger partial charge in [-0.1, -0.05) is 0 Å². The topological polar surface area (TPSA) is 199 Å². The van der Waals surface area contributed by atoms with Crippen molar-refractivity contribution in [2.24, 2.45) is 11.7 Å². The number of nitrogens with one attached hydrogen (secondary N) is 2. The Morgan fingerprint density at radius 1 is 1.09 bits per heavy atom. The predicted molar refractivity (Wildman–Crippen MR) is 113 cm³/mol. The molecule has 0 aliphatic carbocycles. The SMILES string of the molecule is CN[C@@H](CO)C(=O)C[C@@H](CC(=O)O)C(=O)N[C@@H](CCCCN)C(=O)N1CCCC1C(=O)O. The molecule has 1 aliphatic heterocycles. The molecule has 1 heterocycles. The van der Waals surface area contributed by atoms with E-state index in [2.05, 4.69) is 10.6 Å². The molecule has 1 aliphatic rings. The maximum atomic E-state index is 13.0. The molecule has 1 unspecified atom stereocenters. The van der Waals surface area contributed by atoms with Gasteiger partial charge in [0.2, 0.25) is 11.8 Å². The number of carbonyl (C=O) groups is 5. The molecule has 12 nitrogen and oxygen atoms in total. The third-order valence-electron chi connectivity index (χ3n) is 5.54. The third-order valence-corrected chi connectivity index (χ3v) is 5.54. The van der Waals surface area contributed by atoms with Crippen LogP contribution in [-0.4, -0.2) is 94.6 Å². The number of carboxylic acids is 2. The first-order valence-corrected chi connectivity index (χ1v) is 10.7. The van der Waals surface area contributed by atoms with Gasteiger partial charge in [-0.3, -0.25) is 19.2 Å². The number of ketones is 1.